The first kappa shape index (κ1) is 22.6. The summed E-state index contributed by atoms with van der Waals surface area (Å²) in [6, 6.07) is 16.9. The van der Waals surface area contributed by atoms with Gasteiger partial charge in [-0.2, -0.15) is 9.34 Å². The van der Waals surface area contributed by atoms with Gasteiger partial charge in [0.1, 0.15) is 0 Å². The van der Waals surface area contributed by atoms with Gasteiger partial charge in [-0.3, -0.25) is 4.79 Å². The molecule has 0 aliphatic heterocycles. The summed E-state index contributed by atoms with van der Waals surface area (Å²) in [6.07, 6.45) is 0.212. The Kier molecular flexibility index (Phi) is 7.08. The third kappa shape index (κ3) is 4.81. The summed E-state index contributed by atoms with van der Waals surface area (Å²) in [5, 5.41) is 13.4. The van der Waals surface area contributed by atoms with Crippen molar-refractivity contribution < 1.29 is 13.2 Å². The second kappa shape index (κ2) is 9.39. The molecule has 0 aromatic heterocycles. The number of nitriles is 1. The lowest BCUT2D eigenvalue weighted by Gasteiger charge is -2.18. The number of anilines is 1. The van der Waals surface area contributed by atoms with E-state index in [-0.39, 0.29) is 23.5 Å². The lowest BCUT2D eigenvalue weighted by atomic mass is 10.1. The van der Waals surface area contributed by atoms with Crippen molar-refractivity contribution in [3.63, 3.8) is 0 Å². The van der Waals surface area contributed by atoms with Gasteiger partial charge in [0, 0.05) is 22.4 Å². The Bertz CT molecular complexity index is 1280. The normalized spacial score (nSPS) is 11.4. The third-order valence-corrected chi connectivity index (χ3v) is 8.56. The largest absolute Gasteiger partial charge is 0.326 e. The van der Waals surface area contributed by atoms with Crippen molar-refractivity contribution in [2.75, 3.05) is 11.6 Å². The monoisotopic (exact) mass is 477 g/mol. The lowest BCUT2D eigenvalue weighted by molar-refractivity contribution is -0.115. The van der Waals surface area contributed by atoms with E-state index in [0.29, 0.717) is 32.6 Å². The molecular weight excluding hydrogens is 460 g/mol. The van der Waals surface area contributed by atoms with E-state index >= 15 is 0 Å². The van der Waals surface area contributed by atoms with Crippen LogP contribution in [-0.2, 0) is 21.2 Å². The first-order valence-corrected chi connectivity index (χ1v) is 11.9. The van der Waals surface area contributed by atoms with Gasteiger partial charge in [-0.25, -0.2) is 8.42 Å². The van der Waals surface area contributed by atoms with E-state index in [1.165, 1.54) is 12.1 Å². The van der Waals surface area contributed by atoms with Crippen molar-refractivity contribution >= 4 is 62.6 Å². The summed E-state index contributed by atoms with van der Waals surface area (Å²) in [5.41, 5.74) is 1.35. The van der Waals surface area contributed by atoms with Crippen LogP contribution in [0.4, 0.5) is 5.69 Å². The van der Waals surface area contributed by atoms with Crippen molar-refractivity contribution in [1.29, 1.82) is 5.26 Å². The number of rotatable bonds is 6. The molecule has 1 N–H and O–H groups in total. The van der Waals surface area contributed by atoms with Gasteiger partial charge in [0.25, 0.3) is 0 Å². The zero-order chi connectivity index (χ0) is 21.9. The van der Waals surface area contributed by atoms with Crippen LogP contribution in [0.15, 0.2) is 59.5 Å². The van der Waals surface area contributed by atoms with Gasteiger partial charge in [0.05, 0.1) is 22.9 Å². The van der Waals surface area contributed by atoms with Gasteiger partial charge in [-0.1, -0.05) is 35.9 Å². The molecule has 30 heavy (non-hydrogen) atoms. The van der Waals surface area contributed by atoms with Crippen LogP contribution in [-0.4, -0.2) is 24.7 Å². The van der Waals surface area contributed by atoms with Crippen molar-refractivity contribution in [2.45, 2.75) is 11.3 Å². The minimum Gasteiger partial charge on any atom is -0.326 e. The molecule has 0 heterocycles. The van der Waals surface area contributed by atoms with Crippen molar-refractivity contribution in [1.82, 2.24) is 4.08 Å². The third-order valence-electron chi connectivity index (χ3n) is 4.40. The number of hydrogen-bond donors (Lipinski definition) is 1. The molecule has 3 rings (SSSR count). The molecule has 10 heteroatoms. The summed E-state index contributed by atoms with van der Waals surface area (Å²) in [5.74, 6) is -0.326. The molecule has 0 bridgehead atoms. The number of carbonyl (C=O) groups excluding carboxylic acids is 1. The minimum atomic E-state index is -3.87. The van der Waals surface area contributed by atoms with E-state index in [4.69, 9.17) is 11.6 Å². The molecule has 0 saturated heterocycles. The number of sulfonamides is 1. The van der Waals surface area contributed by atoms with E-state index in [9.17, 15) is 18.5 Å². The predicted octanol–water partition coefficient (Wildman–Crippen LogP) is 4.16. The molecule has 3 aromatic carbocycles. The molecule has 0 radical (unpaired) electrons. The molecule has 3 aromatic rings. The van der Waals surface area contributed by atoms with Crippen molar-refractivity contribution in [3.8, 4) is 6.07 Å². The molecule has 0 spiro atoms. The van der Waals surface area contributed by atoms with Gasteiger partial charge in [0.15, 0.2) is 0 Å². The average Bonchev–Trinajstić information content (AvgIpc) is 2.73. The second-order valence-electron chi connectivity index (χ2n) is 6.41. The number of halogens is 1. The highest BCUT2D eigenvalue weighted by Gasteiger charge is 2.24. The van der Waals surface area contributed by atoms with Crippen LogP contribution < -0.4 is 5.32 Å². The first-order chi connectivity index (χ1) is 14.3. The number of carbonyl (C=O) groups is 1. The Hall–Kier alpha value is -2.06. The maximum absolute atomic E-state index is 13.0. The van der Waals surface area contributed by atoms with Crippen LogP contribution in [0.3, 0.4) is 0 Å². The van der Waals surface area contributed by atoms with Crippen molar-refractivity contribution in [2.24, 2.45) is 0 Å². The molecule has 2 atom stereocenters. The Morgan fingerprint density at radius 3 is 2.57 bits per heavy atom. The Morgan fingerprint density at radius 2 is 1.90 bits per heavy atom. The highest BCUT2D eigenvalue weighted by atomic mass is 35.5. The van der Waals surface area contributed by atoms with Gasteiger partial charge in [-0.15, -0.1) is 9.24 Å². The standard InChI is InChI=1S/C20H18ClN3O3P2S/c21-18-4-2-1-3-15(18)9-20(25)23-16-8-14-6-5-13(11-22)7-17(14)19(10-16)30(26,27)24(29)12-28/h1-8,10H,9,12,28-29H2,(H,23,25). The van der Waals surface area contributed by atoms with E-state index in [2.05, 4.69) is 23.9 Å². The van der Waals surface area contributed by atoms with Gasteiger partial charge >= 0.3 is 0 Å². The first-order valence-electron chi connectivity index (χ1n) is 8.75. The Morgan fingerprint density at radius 1 is 1.17 bits per heavy atom. The van der Waals surface area contributed by atoms with Crippen LogP contribution in [0, 0.1) is 11.3 Å². The Balaban J connectivity index is 2.05. The zero-order valence-electron chi connectivity index (χ0n) is 15.7. The fraction of sp³-hybridized carbons (Fsp3) is 0.100. The van der Waals surface area contributed by atoms with E-state index in [0.717, 1.165) is 4.08 Å². The molecule has 0 saturated carbocycles. The topological polar surface area (TPSA) is 90.3 Å². The minimum absolute atomic E-state index is 0.00240. The smallest absolute Gasteiger partial charge is 0.246 e. The Labute approximate surface area is 184 Å². The predicted molar refractivity (Wildman–Crippen MR) is 126 cm³/mol. The molecule has 0 aliphatic rings. The molecular formula is C20H18ClN3O3P2S. The van der Waals surface area contributed by atoms with E-state index in [1.54, 1.807) is 42.5 Å². The average molecular weight is 478 g/mol. The molecule has 0 fully saturated rings. The van der Waals surface area contributed by atoms with Crippen LogP contribution in [0.1, 0.15) is 11.1 Å². The van der Waals surface area contributed by atoms with Crippen LogP contribution in [0.25, 0.3) is 10.8 Å². The summed E-state index contributed by atoms with van der Waals surface area (Å²) in [4.78, 5) is 12.5. The van der Waals surface area contributed by atoms with Gasteiger partial charge in [-0.05, 0) is 50.7 Å². The van der Waals surface area contributed by atoms with Gasteiger partial charge < -0.3 is 5.32 Å². The fourth-order valence-corrected chi connectivity index (χ4v) is 5.23. The maximum atomic E-state index is 13.0. The molecule has 1 amide bonds. The summed E-state index contributed by atoms with van der Waals surface area (Å²) in [6.45, 7) is 0. The van der Waals surface area contributed by atoms with Crippen LogP contribution >= 0.6 is 30.2 Å². The number of hydrogen-bond acceptors (Lipinski definition) is 4. The van der Waals surface area contributed by atoms with Gasteiger partial charge in [0.2, 0.25) is 15.9 Å². The quantitative estimate of drug-likeness (QED) is 0.540. The maximum Gasteiger partial charge on any atom is 0.246 e. The number of fused-ring (bicyclic) bond motifs is 1. The highest BCUT2D eigenvalue weighted by Crippen LogP contribution is 2.32. The van der Waals surface area contributed by atoms with E-state index in [1.807, 2.05) is 6.07 Å². The number of amides is 1. The molecule has 6 nitrogen and oxygen atoms in total. The molecule has 0 aliphatic carbocycles. The van der Waals surface area contributed by atoms with E-state index < -0.39 is 10.0 Å². The zero-order valence-corrected chi connectivity index (χ0v) is 19.6. The molecule has 2 unspecified atom stereocenters. The summed E-state index contributed by atoms with van der Waals surface area (Å²) >= 11 is 6.12. The highest BCUT2D eigenvalue weighted by molar-refractivity contribution is 7.92. The number of nitrogens with one attached hydrogen (secondary N) is 1. The molecule has 154 valence electrons. The summed E-state index contributed by atoms with van der Waals surface area (Å²) in [7, 11) is 0.637. The number of nitrogens with zero attached hydrogens (tertiary/aromatic N) is 2. The van der Waals surface area contributed by atoms with Crippen molar-refractivity contribution in [3.05, 3.63) is 70.7 Å². The number of benzene rings is 3. The van der Waals surface area contributed by atoms with Crippen LogP contribution in [0.5, 0.6) is 0 Å². The van der Waals surface area contributed by atoms with Crippen LogP contribution in [0.2, 0.25) is 5.02 Å². The second-order valence-corrected chi connectivity index (χ2v) is 10.0. The summed E-state index contributed by atoms with van der Waals surface area (Å²) < 4.78 is 27.2. The SMILES string of the molecule is N#Cc1ccc2cc(NC(=O)Cc3ccccc3Cl)cc(S(=O)(=O)N(P)CP)c2c1. The fourth-order valence-electron chi connectivity index (χ4n) is 2.92. The lowest BCUT2D eigenvalue weighted by Crippen LogP contribution is -2.21.